The van der Waals surface area contributed by atoms with Crippen LogP contribution in [0.5, 0.6) is 0 Å². The molecular weight excluding hydrogens is 284 g/mol. The maximum atomic E-state index is 5.57. The van der Waals surface area contributed by atoms with Crippen molar-refractivity contribution >= 4 is 11.8 Å². The van der Waals surface area contributed by atoms with Gasteiger partial charge in [0.2, 0.25) is 0 Å². The molecule has 0 radical (unpaired) electrons. The Hall–Kier alpha value is -0.590. The summed E-state index contributed by atoms with van der Waals surface area (Å²) in [7, 11) is 2.20. The molecule has 5 nitrogen and oxygen atoms in total. The van der Waals surface area contributed by atoms with Crippen molar-refractivity contribution in [1.82, 2.24) is 19.7 Å². The number of thioether (sulfide) groups is 1. The van der Waals surface area contributed by atoms with Gasteiger partial charge in [0.25, 0.3) is 0 Å². The zero-order valence-corrected chi connectivity index (χ0v) is 13.9. The molecule has 1 aromatic rings. The first-order valence-corrected chi connectivity index (χ1v) is 9.38. The molecule has 6 heteroatoms. The van der Waals surface area contributed by atoms with Crippen molar-refractivity contribution in [1.29, 1.82) is 0 Å². The molecule has 2 aliphatic heterocycles. The molecule has 0 bridgehead atoms. The van der Waals surface area contributed by atoms with Crippen molar-refractivity contribution in [3.63, 3.8) is 0 Å². The van der Waals surface area contributed by atoms with Gasteiger partial charge >= 0.3 is 0 Å². The van der Waals surface area contributed by atoms with Gasteiger partial charge < -0.3 is 9.64 Å². The van der Waals surface area contributed by atoms with Gasteiger partial charge in [0.15, 0.2) is 5.82 Å². The lowest BCUT2D eigenvalue weighted by atomic mass is 10.0. The maximum Gasteiger partial charge on any atom is 0.151 e. The zero-order chi connectivity index (χ0) is 14.7. The first-order valence-electron chi connectivity index (χ1n) is 7.98. The van der Waals surface area contributed by atoms with E-state index in [1.54, 1.807) is 0 Å². The molecule has 1 aromatic heterocycles. The first-order chi connectivity index (χ1) is 10.3. The Bertz CT molecular complexity index is 451. The molecule has 1 unspecified atom stereocenters. The van der Waals surface area contributed by atoms with Gasteiger partial charge in [-0.3, -0.25) is 0 Å². The highest BCUT2D eigenvalue weighted by Crippen LogP contribution is 2.29. The number of hydrogen-bond donors (Lipinski definition) is 0. The fourth-order valence-electron chi connectivity index (χ4n) is 3.21. The van der Waals surface area contributed by atoms with E-state index in [9.17, 15) is 0 Å². The lowest BCUT2D eigenvalue weighted by Crippen LogP contribution is -2.32. The number of aromatic nitrogens is 3. The van der Waals surface area contributed by atoms with Crippen LogP contribution in [-0.2, 0) is 11.2 Å². The molecule has 0 spiro atoms. The van der Waals surface area contributed by atoms with Crippen LogP contribution in [0.4, 0.5) is 0 Å². The summed E-state index contributed by atoms with van der Waals surface area (Å²) in [6.45, 7) is 3.99. The molecule has 3 rings (SSSR count). The Morgan fingerprint density at radius 3 is 2.76 bits per heavy atom. The number of rotatable bonds is 5. The van der Waals surface area contributed by atoms with Gasteiger partial charge in [-0.25, -0.2) is 9.67 Å². The van der Waals surface area contributed by atoms with Gasteiger partial charge in [-0.2, -0.15) is 16.9 Å². The molecule has 0 N–H and O–H groups in total. The number of piperidine rings is 1. The Labute approximate surface area is 131 Å². The zero-order valence-electron chi connectivity index (χ0n) is 13.1. The molecule has 2 aliphatic rings. The highest BCUT2D eigenvalue weighted by molar-refractivity contribution is 7.98. The third-order valence-electron chi connectivity index (χ3n) is 4.56. The highest BCUT2D eigenvalue weighted by atomic mass is 32.2. The van der Waals surface area contributed by atoms with E-state index in [-0.39, 0.29) is 0 Å². The summed E-state index contributed by atoms with van der Waals surface area (Å²) in [4.78, 5) is 7.27. The molecular formula is C15H26N4OS. The quantitative estimate of drug-likeness (QED) is 0.832. The molecule has 1 atom stereocenters. The summed E-state index contributed by atoms with van der Waals surface area (Å²) in [5.41, 5.74) is 0. The third-order valence-corrected chi connectivity index (χ3v) is 5.17. The number of aryl methyl sites for hydroxylation is 1. The van der Waals surface area contributed by atoms with Crippen molar-refractivity contribution in [2.45, 2.75) is 37.6 Å². The second-order valence-electron chi connectivity index (χ2n) is 6.17. The van der Waals surface area contributed by atoms with Crippen LogP contribution in [0, 0.1) is 0 Å². The maximum absolute atomic E-state index is 5.57. The van der Waals surface area contributed by atoms with Crippen molar-refractivity contribution in [2.24, 2.45) is 0 Å². The molecule has 0 amide bonds. The smallest absolute Gasteiger partial charge is 0.151 e. The van der Waals surface area contributed by atoms with Gasteiger partial charge in [-0.05, 0) is 45.7 Å². The van der Waals surface area contributed by atoms with Gasteiger partial charge in [0.1, 0.15) is 5.82 Å². The minimum atomic E-state index is 0.445. The van der Waals surface area contributed by atoms with Gasteiger partial charge in [0.05, 0.1) is 12.6 Å². The molecule has 0 aliphatic carbocycles. The van der Waals surface area contributed by atoms with E-state index >= 15 is 0 Å². The van der Waals surface area contributed by atoms with Gasteiger partial charge in [-0.15, -0.1) is 0 Å². The summed E-state index contributed by atoms with van der Waals surface area (Å²) in [5, 5.41) is 4.86. The lowest BCUT2D eigenvalue weighted by Gasteiger charge is -2.30. The largest absolute Gasteiger partial charge is 0.381 e. The fourth-order valence-corrected chi connectivity index (χ4v) is 3.59. The van der Waals surface area contributed by atoms with Crippen molar-refractivity contribution in [3.8, 4) is 0 Å². The van der Waals surface area contributed by atoms with Crippen LogP contribution in [0.2, 0.25) is 0 Å². The van der Waals surface area contributed by atoms with Gasteiger partial charge in [-0.1, -0.05) is 0 Å². The van der Waals surface area contributed by atoms with Crippen LogP contribution in [0.1, 0.15) is 42.9 Å². The average Bonchev–Trinajstić information content (AvgIpc) is 3.15. The monoisotopic (exact) mass is 310 g/mol. The van der Waals surface area contributed by atoms with E-state index in [4.69, 9.17) is 14.8 Å². The van der Waals surface area contributed by atoms with E-state index in [0.717, 1.165) is 50.7 Å². The number of likely N-dealkylation sites (tertiary alicyclic amines) is 1. The van der Waals surface area contributed by atoms with E-state index < -0.39 is 0 Å². The second kappa shape index (κ2) is 7.11. The third kappa shape index (κ3) is 3.60. The van der Waals surface area contributed by atoms with Crippen LogP contribution in [0.3, 0.4) is 0 Å². The predicted molar refractivity (Wildman–Crippen MR) is 86.1 cm³/mol. The fraction of sp³-hybridized carbons (Fsp3) is 0.867. The number of ether oxygens (including phenoxy) is 1. The molecule has 118 valence electrons. The van der Waals surface area contributed by atoms with Crippen LogP contribution < -0.4 is 0 Å². The molecule has 3 heterocycles. The number of hydrogen-bond acceptors (Lipinski definition) is 5. The van der Waals surface area contributed by atoms with Crippen LogP contribution >= 0.6 is 11.8 Å². The van der Waals surface area contributed by atoms with Crippen LogP contribution in [-0.4, -0.2) is 65.0 Å². The Balaban J connectivity index is 1.80. The SMILES string of the molecule is CSCCc1nc(C2CCOC2)n(C2CCN(C)CC2)n1. The summed E-state index contributed by atoms with van der Waals surface area (Å²) in [6, 6.07) is 0.521. The van der Waals surface area contributed by atoms with E-state index in [2.05, 4.69) is 22.9 Å². The standard InChI is InChI=1S/C15H26N4OS/c1-18-7-3-13(4-8-18)19-15(12-5-9-20-11-12)16-14(17-19)6-10-21-2/h12-13H,3-11H2,1-2H3. The van der Waals surface area contributed by atoms with E-state index in [0.29, 0.717) is 12.0 Å². The topological polar surface area (TPSA) is 43.2 Å². The van der Waals surface area contributed by atoms with Crippen molar-refractivity contribution in [3.05, 3.63) is 11.6 Å². The normalized spacial score (nSPS) is 24.8. The summed E-state index contributed by atoms with van der Waals surface area (Å²) < 4.78 is 7.82. The molecule has 2 saturated heterocycles. The Morgan fingerprint density at radius 2 is 2.10 bits per heavy atom. The van der Waals surface area contributed by atoms with Crippen LogP contribution in [0.25, 0.3) is 0 Å². The first kappa shape index (κ1) is 15.3. The Morgan fingerprint density at radius 1 is 1.29 bits per heavy atom. The highest BCUT2D eigenvalue weighted by Gasteiger charge is 2.29. The minimum absolute atomic E-state index is 0.445. The lowest BCUT2D eigenvalue weighted by molar-refractivity contribution is 0.188. The average molecular weight is 310 g/mol. The molecule has 0 aromatic carbocycles. The van der Waals surface area contributed by atoms with E-state index in [1.807, 2.05) is 11.8 Å². The molecule has 0 saturated carbocycles. The number of nitrogens with zero attached hydrogens (tertiary/aromatic N) is 4. The van der Waals surface area contributed by atoms with Crippen molar-refractivity contribution < 1.29 is 4.74 Å². The Kier molecular flexibility index (Phi) is 5.19. The summed E-state index contributed by atoms with van der Waals surface area (Å²) in [6.07, 6.45) is 6.57. The van der Waals surface area contributed by atoms with Crippen molar-refractivity contribution in [2.75, 3.05) is 45.4 Å². The van der Waals surface area contributed by atoms with Crippen LogP contribution in [0.15, 0.2) is 0 Å². The van der Waals surface area contributed by atoms with E-state index in [1.165, 1.54) is 18.7 Å². The predicted octanol–water partition coefficient (Wildman–Crippen LogP) is 1.95. The van der Waals surface area contributed by atoms with Gasteiger partial charge in [0, 0.05) is 24.7 Å². The molecule has 2 fully saturated rings. The minimum Gasteiger partial charge on any atom is -0.381 e. The summed E-state index contributed by atoms with van der Waals surface area (Å²) in [5.74, 6) is 3.74. The summed E-state index contributed by atoms with van der Waals surface area (Å²) >= 11 is 1.86. The molecule has 21 heavy (non-hydrogen) atoms. The second-order valence-corrected chi connectivity index (χ2v) is 7.15.